The number of fused-ring (bicyclic) bond motifs is 1. The van der Waals surface area contributed by atoms with Gasteiger partial charge in [0.15, 0.2) is 11.5 Å². The molecule has 0 aromatic heterocycles. The molecule has 1 atom stereocenters. The Morgan fingerprint density at radius 1 is 0.774 bits per heavy atom. The van der Waals surface area contributed by atoms with E-state index >= 15 is 0 Å². The Bertz CT molecular complexity index is 1220. The fraction of sp³-hybridized carbons (Fsp3) is 0.115. The van der Waals surface area contributed by atoms with Crippen molar-refractivity contribution >= 4 is 17.5 Å². The van der Waals surface area contributed by atoms with E-state index < -0.39 is 17.7 Å². The van der Waals surface area contributed by atoms with Crippen LogP contribution >= 0.6 is 0 Å². The third kappa shape index (κ3) is 3.44. The van der Waals surface area contributed by atoms with Crippen molar-refractivity contribution in [3.05, 3.63) is 112 Å². The molecule has 0 radical (unpaired) electrons. The zero-order chi connectivity index (χ0) is 21.4. The average Bonchev–Trinajstić information content (AvgIpc) is 2.82. The monoisotopic (exact) mass is 410 g/mol. The Labute approximate surface area is 178 Å². The normalized spacial score (nSPS) is 17.7. The minimum Gasteiger partial charge on any atom is -0.489 e. The van der Waals surface area contributed by atoms with Crippen molar-refractivity contribution in [2.45, 2.75) is 18.9 Å². The number of carbonyl (C=O) groups excluding carboxylic acids is 3. The number of carbonyl (C=O) groups is 3. The lowest BCUT2D eigenvalue weighted by Crippen LogP contribution is -2.32. The van der Waals surface area contributed by atoms with Crippen LogP contribution in [0, 0.1) is 0 Å². The number of rotatable bonds is 4. The Morgan fingerprint density at radius 2 is 1.42 bits per heavy atom. The fourth-order valence-electron chi connectivity index (χ4n) is 4.04. The molecule has 0 unspecified atom stereocenters. The molecule has 5 nitrogen and oxygen atoms in total. The van der Waals surface area contributed by atoms with Crippen molar-refractivity contribution < 1.29 is 23.9 Å². The third-order valence-electron chi connectivity index (χ3n) is 5.58. The second-order valence-corrected chi connectivity index (χ2v) is 7.52. The van der Waals surface area contributed by atoms with Gasteiger partial charge in [-0.25, -0.2) is 0 Å². The van der Waals surface area contributed by atoms with Gasteiger partial charge in [-0.05, 0) is 23.3 Å². The highest BCUT2D eigenvalue weighted by atomic mass is 16.5. The number of esters is 1. The Morgan fingerprint density at radius 3 is 2.13 bits per heavy atom. The molecule has 1 heterocycles. The molecule has 5 heteroatoms. The van der Waals surface area contributed by atoms with Gasteiger partial charge in [0.05, 0.1) is 12.0 Å². The number of hydrogen-bond donors (Lipinski definition) is 0. The molecule has 0 amide bonds. The van der Waals surface area contributed by atoms with Gasteiger partial charge in [0.25, 0.3) is 0 Å². The van der Waals surface area contributed by atoms with Crippen LogP contribution in [0.1, 0.15) is 44.2 Å². The average molecular weight is 410 g/mol. The second-order valence-electron chi connectivity index (χ2n) is 7.52. The van der Waals surface area contributed by atoms with Gasteiger partial charge >= 0.3 is 5.97 Å². The lowest BCUT2D eigenvalue weighted by Gasteiger charge is -2.30. The minimum absolute atomic E-state index is 0.00421. The van der Waals surface area contributed by atoms with Crippen LogP contribution in [0.15, 0.2) is 90.2 Å². The quantitative estimate of drug-likeness (QED) is 0.587. The number of benzene rings is 3. The maximum absolute atomic E-state index is 13.2. The van der Waals surface area contributed by atoms with Gasteiger partial charge in [-0.15, -0.1) is 0 Å². The molecule has 2 aliphatic rings. The lowest BCUT2D eigenvalue weighted by atomic mass is 9.77. The van der Waals surface area contributed by atoms with E-state index in [4.69, 9.17) is 9.47 Å². The molecule has 1 aliphatic carbocycles. The van der Waals surface area contributed by atoms with Crippen LogP contribution in [0.3, 0.4) is 0 Å². The first-order valence-corrected chi connectivity index (χ1v) is 10.0. The molecule has 1 aliphatic heterocycles. The van der Waals surface area contributed by atoms with E-state index in [1.165, 1.54) is 0 Å². The van der Waals surface area contributed by atoms with Crippen molar-refractivity contribution in [2.75, 3.05) is 0 Å². The third-order valence-corrected chi connectivity index (χ3v) is 5.58. The number of ether oxygens (including phenoxy) is 2. The smallest absolute Gasteiger partial charge is 0.312 e. The summed E-state index contributed by atoms with van der Waals surface area (Å²) in [5, 5.41) is 0. The van der Waals surface area contributed by atoms with Gasteiger partial charge in [0, 0.05) is 17.0 Å². The molecule has 0 spiro atoms. The first-order chi connectivity index (χ1) is 15.1. The molecular formula is C26H18O5. The minimum atomic E-state index is -0.538. The van der Waals surface area contributed by atoms with Gasteiger partial charge in [0.2, 0.25) is 5.78 Å². The van der Waals surface area contributed by atoms with Gasteiger partial charge in [-0.3, -0.25) is 14.4 Å². The molecule has 5 rings (SSSR count). The van der Waals surface area contributed by atoms with Gasteiger partial charge < -0.3 is 9.47 Å². The maximum Gasteiger partial charge on any atom is 0.312 e. The van der Waals surface area contributed by atoms with E-state index in [2.05, 4.69) is 0 Å². The summed E-state index contributed by atoms with van der Waals surface area (Å²) in [7, 11) is 0. The van der Waals surface area contributed by atoms with Crippen LogP contribution in [0.2, 0.25) is 0 Å². The van der Waals surface area contributed by atoms with Crippen LogP contribution in [0.4, 0.5) is 0 Å². The van der Waals surface area contributed by atoms with Crippen molar-refractivity contribution in [3.63, 3.8) is 0 Å². The van der Waals surface area contributed by atoms with Gasteiger partial charge in [-0.2, -0.15) is 0 Å². The summed E-state index contributed by atoms with van der Waals surface area (Å²) in [6.07, 6.45) is 0.00421. The zero-order valence-corrected chi connectivity index (χ0v) is 16.5. The molecule has 31 heavy (non-hydrogen) atoms. The van der Waals surface area contributed by atoms with Crippen molar-refractivity contribution in [3.8, 4) is 5.75 Å². The molecule has 0 N–H and O–H groups in total. The van der Waals surface area contributed by atoms with Crippen LogP contribution in [0.25, 0.3) is 0 Å². The molecule has 3 aromatic carbocycles. The molecule has 152 valence electrons. The van der Waals surface area contributed by atoms with E-state index in [1.807, 2.05) is 54.6 Å². The van der Waals surface area contributed by atoms with E-state index in [1.54, 1.807) is 24.3 Å². The Kier molecular flexibility index (Phi) is 4.71. The van der Waals surface area contributed by atoms with Gasteiger partial charge in [-0.1, -0.05) is 66.7 Å². The summed E-state index contributed by atoms with van der Waals surface area (Å²) in [5.74, 6) is -1.22. The van der Waals surface area contributed by atoms with Gasteiger partial charge in [0.1, 0.15) is 12.4 Å². The van der Waals surface area contributed by atoms with Crippen molar-refractivity contribution in [2.24, 2.45) is 0 Å². The molecule has 0 saturated carbocycles. The predicted octanol–water partition coefficient (Wildman–Crippen LogP) is 4.63. The first-order valence-electron chi connectivity index (χ1n) is 10.0. The summed E-state index contributed by atoms with van der Waals surface area (Å²) in [4.78, 5) is 38.3. The van der Waals surface area contributed by atoms with Crippen molar-refractivity contribution in [1.29, 1.82) is 0 Å². The highest BCUT2D eigenvalue weighted by Crippen LogP contribution is 2.41. The zero-order valence-electron chi connectivity index (χ0n) is 16.5. The number of Topliss-reactive ketones (excluding diaryl/α,β-unsaturated/α-hetero) is 2. The van der Waals surface area contributed by atoms with Crippen molar-refractivity contribution in [1.82, 2.24) is 0 Å². The summed E-state index contributed by atoms with van der Waals surface area (Å²) < 4.78 is 11.1. The summed E-state index contributed by atoms with van der Waals surface area (Å²) in [6, 6.07) is 23.7. The molecule has 0 bridgehead atoms. The van der Waals surface area contributed by atoms with E-state index in [0.717, 1.165) is 11.1 Å². The molecule has 3 aromatic rings. The molecular weight excluding hydrogens is 392 g/mol. The van der Waals surface area contributed by atoms with E-state index in [-0.39, 0.29) is 29.1 Å². The largest absolute Gasteiger partial charge is 0.489 e. The summed E-state index contributed by atoms with van der Waals surface area (Å²) in [5.41, 5.74) is 2.68. The van der Waals surface area contributed by atoms with Crippen LogP contribution in [0.5, 0.6) is 5.75 Å². The standard InChI is InChI=1S/C26H18O5/c27-22-14-21(17-10-12-18(13-11-17)30-15-16-6-2-1-3-7-16)23-24(28)19-8-4-5-9-20(19)25(29)26(23)31-22/h1-13,21H,14-15H2/t21-/m1/s1. The maximum atomic E-state index is 13.2. The highest BCUT2D eigenvalue weighted by molar-refractivity contribution is 6.27. The SMILES string of the molecule is O=C1C[C@H](c2ccc(OCc3ccccc3)cc2)C2=C(O1)C(=O)c1ccccc1C2=O. The van der Waals surface area contributed by atoms with E-state index in [9.17, 15) is 14.4 Å². The highest BCUT2D eigenvalue weighted by Gasteiger charge is 2.42. The number of hydrogen-bond acceptors (Lipinski definition) is 5. The molecule has 0 saturated heterocycles. The molecule has 0 fully saturated rings. The van der Waals surface area contributed by atoms with E-state index in [0.29, 0.717) is 17.9 Å². The second kappa shape index (κ2) is 7.69. The van der Waals surface area contributed by atoms with Crippen LogP contribution in [-0.4, -0.2) is 17.5 Å². The van der Waals surface area contributed by atoms with Crippen LogP contribution in [-0.2, 0) is 16.1 Å². The number of ketones is 2. The fourth-order valence-corrected chi connectivity index (χ4v) is 4.04. The first kappa shape index (κ1) is 19.0. The summed E-state index contributed by atoms with van der Waals surface area (Å²) in [6.45, 7) is 0.439. The summed E-state index contributed by atoms with van der Waals surface area (Å²) >= 11 is 0. The van der Waals surface area contributed by atoms with Crippen LogP contribution < -0.4 is 4.74 Å². The predicted molar refractivity (Wildman–Crippen MR) is 113 cm³/mol. The number of allylic oxidation sites excluding steroid dienone is 2. The Balaban J connectivity index is 1.44. The Hall–Kier alpha value is -3.99. The topological polar surface area (TPSA) is 69.7 Å². The lowest BCUT2D eigenvalue weighted by molar-refractivity contribution is -0.140.